The lowest BCUT2D eigenvalue weighted by Crippen LogP contribution is -2.51. The number of ether oxygens (including phenoxy) is 1. The zero-order chi connectivity index (χ0) is 21.8. The van der Waals surface area contributed by atoms with E-state index in [-0.39, 0.29) is 54.6 Å². The molecule has 11 heteroatoms. The van der Waals surface area contributed by atoms with Gasteiger partial charge in [-0.05, 0) is 12.5 Å². The van der Waals surface area contributed by atoms with Crippen molar-refractivity contribution in [2.24, 2.45) is 0 Å². The topological polar surface area (TPSA) is 130 Å². The van der Waals surface area contributed by atoms with Crippen LogP contribution in [0.2, 0.25) is 0 Å². The summed E-state index contributed by atoms with van der Waals surface area (Å²) in [6.07, 6.45) is 0.439. The monoisotopic (exact) mass is 418 g/mol. The minimum Gasteiger partial charge on any atom is -0.375 e. The molecule has 0 aromatic heterocycles. The zero-order valence-corrected chi connectivity index (χ0v) is 16.5. The van der Waals surface area contributed by atoms with E-state index < -0.39 is 16.7 Å². The quantitative estimate of drug-likeness (QED) is 0.353. The highest BCUT2D eigenvalue weighted by Gasteiger charge is 2.36. The third-order valence-corrected chi connectivity index (χ3v) is 5.19. The summed E-state index contributed by atoms with van der Waals surface area (Å²) in [5.74, 6) is -1.32. The molecule has 160 valence electrons. The van der Waals surface area contributed by atoms with Gasteiger partial charge in [0.25, 0.3) is 17.5 Å². The number of carbonyl (C=O) groups is 4. The molecule has 4 amide bonds. The maximum Gasteiger partial charge on any atom is 0.270 e. The Kier molecular flexibility index (Phi) is 6.40. The number of nitro benzene ring substituents is 1. The Balaban J connectivity index is 1.49. The number of rotatable bonds is 7. The Hall–Kier alpha value is -3.34. The highest BCUT2D eigenvalue weighted by atomic mass is 16.6. The van der Waals surface area contributed by atoms with E-state index in [9.17, 15) is 29.3 Å². The fourth-order valence-electron chi connectivity index (χ4n) is 3.56. The zero-order valence-electron chi connectivity index (χ0n) is 16.5. The molecule has 0 unspecified atom stereocenters. The third kappa shape index (κ3) is 4.30. The van der Waals surface area contributed by atoms with Crippen LogP contribution in [0.25, 0.3) is 0 Å². The number of hydrogen-bond donors (Lipinski definition) is 0. The maximum absolute atomic E-state index is 12.5. The van der Waals surface area contributed by atoms with Crippen molar-refractivity contribution in [3.63, 3.8) is 0 Å². The average Bonchev–Trinajstić information content (AvgIpc) is 2.98. The van der Waals surface area contributed by atoms with Crippen LogP contribution in [0.15, 0.2) is 18.2 Å². The number of piperazine rings is 1. The van der Waals surface area contributed by atoms with Gasteiger partial charge in [-0.15, -0.1) is 0 Å². The second-order valence-electron chi connectivity index (χ2n) is 7.05. The van der Waals surface area contributed by atoms with E-state index >= 15 is 0 Å². The first-order chi connectivity index (χ1) is 14.3. The van der Waals surface area contributed by atoms with Gasteiger partial charge < -0.3 is 14.5 Å². The number of hydrogen-bond acceptors (Lipinski definition) is 7. The molecule has 0 spiro atoms. The first-order valence-electron chi connectivity index (χ1n) is 9.52. The number of nitro groups is 1. The van der Waals surface area contributed by atoms with Crippen LogP contribution in [0.3, 0.4) is 0 Å². The molecule has 0 N–H and O–H groups in total. The van der Waals surface area contributed by atoms with Gasteiger partial charge in [0.2, 0.25) is 11.8 Å². The summed E-state index contributed by atoms with van der Waals surface area (Å²) >= 11 is 0. The van der Waals surface area contributed by atoms with E-state index in [2.05, 4.69) is 0 Å². The standard InChI is InChI=1S/C19H22N4O7/c1-30-12-17(25)21-9-7-20(8-10-21)16(24)3-2-6-22-18(26)14-5-4-13(23(28)29)11-15(14)19(22)27/h4-5,11H,2-3,6-10,12H2,1H3. The number of carbonyl (C=O) groups excluding carboxylic acids is 4. The molecule has 0 saturated carbocycles. The molecule has 0 bridgehead atoms. The number of amides is 4. The Morgan fingerprint density at radius 1 is 1.03 bits per heavy atom. The first kappa shape index (κ1) is 21.4. The van der Waals surface area contributed by atoms with Gasteiger partial charge >= 0.3 is 0 Å². The second kappa shape index (κ2) is 8.99. The fourth-order valence-corrected chi connectivity index (χ4v) is 3.56. The van der Waals surface area contributed by atoms with E-state index in [4.69, 9.17) is 4.74 Å². The molecular weight excluding hydrogens is 396 g/mol. The van der Waals surface area contributed by atoms with E-state index in [1.807, 2.05) is 0 Å². The van der Waals surface area contributed by atoms with Crippen LogP contribution < -0.4 is 0 Å². The summed E-state index contributed by atoms with van der Waals surface area (Å²) in [5, 5.41) is 10.9. The van der Waals surface area contributed by atoms with Crippen LogP contribution in [0.5, 0.6) is 0 Å². The van der Waals surface area contributed by atoms with Crippen molar-refractivity contribution in [2.75, 3.05) is 46.4 Å². The van der Waals surface area contributed by atoms with Gasteiger partial charge in [-0.3, -0.25) is 34.2 Å². The lowest BCUT2D eigenvalue weighted by atomic mass is 10.1. The van der Waals surface area contributed by atoms with Gasteiger partial charge in [-0.25, -0.2) is 0 Å². The van der Waals surface area contributed by atoms with Crippen molar-refractivity contribution in [2.45, 2.75) is 12.8 Å². The average molecular weight is 418 g/mol. The first-order valence-corrected chi connectivity index (χ1v) is 9.52. The summed E-state index contributed by atoms with van der Waals surface area (Å²) in [7, 11) is 1.45. The molecule has 0 atom stereocenters. The van der Waals surface area contributed by atoms with Crippen LogP contribution in [0.1, 0.15) is 33.6 Å². The van der Waals surface area contributed by atoms with E-state index in [0.29, 0.717) is 26.2 Å². The molecule has 1 aromatic carbocycles. The summed E-state index contributed by atoms with van der Waals surface area (Å²) in [5.41, 5.74) is -0.110. The second-order valence-corrected chi connectivity index (χ2v) is 7.05. The van der Waals surface area contributed by atoms with Crippen molar-refractivity contribution in [3.05, 3.63) is 39.4 Å². The van der Waals surface area contributed by atoms with Gasteiger partial charge in [0.05, 0.1) is 16.1 Å². The number of imide groups is 1. The molecule has 1 fully saturated rings. The van der Waals surface area contributed by atoms with Crippen molar-refractivity contribution >= 4 is 29.3 Å². The van der Waals surface area contributed by atoms with Crippen LogP contribution in [0.4, 0.5) is 5.69 Å². The van der Waals surface area contributed by atoms with Crippen LogP contribution in [-0.2, 0) is 14.3 Å². The lowest BCUT2D eigenvalue weighted by molar-refractivity contribution is -0.384. The molecule has 11 nitrogen and oxygen atoms in total. The third-order valence-electron chi connectivity index (χ3n) is 5.19. The predicted molar refractivity (Wildman–Crippen MR) is 103 cm³/mol. The summed E-state index contributed by atoms with van der Waals surface area (Å²) in [4.78, 5) is 63.6. The maximum atomic E-state index is 12.5. The highest BCUT2D eigenvalue weighted by Crippen LogP contribution is 2.27. The Bertz CT molecular complexity index is 893. The summed E-state index contributed by atoms with van der Waals surface area (Å²) in [6, 6.07) is 3.57. The van der Waals surface area contributed by atoms with Crippen LogP contribution >= 0.6 is 0 Å². The Morgan fingerprint density at radius 2 is 1.63 bits per heavy atom. The molecule has 0 aliphatic carbocycles. The molecule has 2 heterocycles. The molecule has 30 heavy (non-hydrogen) atoms. The van der Waals surface area contributed by atoms with E-state index in [1.54, 1.807) is 9.80 Å². The molecular formula is C19H22N4O7. The molecule has 2 aliphatic rings. The SMILES string of the molecule is COCC(=O)N1CCN(C(=O)CCCN2C(=O)c3ccc([N+](=O)[O-])cc3C2=O)CC1. The number of methoxy groups -OCH3 is 1. The van der Waals surface area contributed by atoms with Crippen molar-refractivity contribution in [3.8, 4) is 0 Å². The molecule has 3 rings (SSSR count). The van der Waals surface area contributed by atoms with Gasteiger partial charge in [-0.2, -0.15) is 0 Å². The van der Waals surface area contributed by atoms with E-state index in [0.717, 1.165) is 11.0 Å². The fraction of sp³-hybridized carbons (Fsp3) is 0.474. The van der Waals surface area contributed by atoms with Gasteiger partial charge in [0, 0.05) is 58.4 Å². The lowest BCUT2D eigenvalue weighted by Gasteiger charge is -2.34. The largest absolute Gasteiger partial charge is 0.375 e. The van der Waals surface area contributed by atoms with Gasteiger partial charge in [-0.1, -0.05) is 0 Å². The normalized spacial score (nSPS) is 16.1. The van der Waals surface area contributed by atoms with Crippen LogP contribution in [-0.4, -0.2) is 89.7 Å². The summed E-state index contributed by atoms with van der Waals surface area (Å²) < 4.78 is 4.83. The number of fused-ring (bicyclic) bond motifs is 1. The summed E-state index contributed by atoms with van der Waals surface area (Å²) in [6.45, 7) is 1.78. The number of benzene rings is 1. The smallest absolute Gasteiger partial charge is 0.270 e. The molecule has 1 aromatic rings. The molecule has 2 aliphatic heterocycles. The Morgan fingerprint density at radius 3 is 2.23 bits per heavy atom. The Labute approximate surface area is 172 Å². The highest BCUT2D eigenvalue weighted by molar-refractivity contribution is 6.21. The predicted octanol–water partition coefficient (Wildman–Crippen LogP) is 0.288. The number of nitrogens with zero attached hydrogens (tertiary/aromatic N) is 4. The van der Waals surface area contributed by atoms with Crippen molar-refractivity contribution < 1.29 is 28.8 Å². The minimum absolute atomic E-state index is 0.0113. The van der Waals surface area contributed by atoms with E-state index in [1.165, 1.54) is 19.2 Å². The van der Waals surface area contributed by atoms with Crippen molar-refractivity contribution in [1.82, 2.24) is 14.7 Å². The molecule has 0 radical (unpaired) electrons. The minimum atomic E-state index is -0.623. The number of non-ortho nitro benzene ring substituents is 1. The van der Waals surface area contributed by atoms with Crippen LogP contribution in [0, 0.1) is 10.1 Å². The van der Waals surface area contributed by atoms with Gasteiger partial charge in [0.1, 0.15) is 6.61 Å². The molecule has 1 saturated heterocycles. The van der Waals surface area contributed by atoms with Crippen molar-refractivity contribution in [1.29, 1.82) is 0 Å². The van der Waals surface area contributed by atoms with Gasteiger partial charge in [0.15, 0.2) is 0 Å².